The number of hydrogen-bond donors (Lipinski definition) is 2. The minimum Gasteiger partial charge on any atom is -0.480 e. The standard InChI is InChI=1S/C14H19NO4/c1-9(2)12-6-4-5-11(7-12)8-19-14(18)15-10(3)13(16)17/h4-7,9-10H,8H2,1-3H3,(H,15,18)(H,16,17). The van der Waals surface area contributed by atoms with Gasteiger partial charge in [0, 0.05) is 0 Å². The van der Waals surface area contributed by atoms with Crippen LogP contribution in [0.4, 0.5) is 4.79 Å². The Bertz CT molecular complexity index is 457. The number of benzene rings is 1. The zero-order valence-electron chi connectivity index (χ0n) is 11.3. The average Bonchev–Trinajstić information content (AvgIpc) is 2.36. The van der Waals surface area contributed by atoms with Crippen LogP contribution in [0.1, 0.15) is 37.8 Å². The molecule has 0 heterocycles. The van der Waals surface area contributed by atoms with Crippen LogP contribution >= 0.6 is 0 Å². The van der Waals surface area contributed by atoms with Gasteiger partial charge < -0.3 is 15.2 Å². The summed E-state index contributed by atoms with van der Waals surface area (Å²) in [4.78, 5) is 21.9. The Morgan fingerprint density at radius 3 is 2.58 bits per heavy atom. The van der Waals surface area contributed by atoms with Gasteiger partial charge in [0.05, 0.1) is 0 Å². The molecule has 0 aliphatic heterocycles. The molecule has 0 aliphatic carbocycles. The minimum atomic E-state index is -1.10. The van der Waals surface area contributed by atoms with Gasteiger partial charge in [-0.05, 0) is 24.0 Å². The highest BCUT2D eigenvalue weighted by Crippen LogP contribution is 2.16. The van der Waals surface area contributed by atoms with Gasteiger partial charge in [-0.2, -0.15) is 0 Å². The lowest BCUT2D eigenvalue weighted by molar-refractivity contribution is -0.138. The number of carboxylic acids is 1. The van der Waals surface area contributed by atoms with Gasteiger partial charge in [0.2, 0.25) is 0 Å². The van der Waals surface area contributed by atoms with E-state index in [4.69, 9.17) is 9.84 Å². The van der Waals surface area contributed by atoms with E-state index in [2.05, 4.69) is 19.2 Å². The molecule has 0 saturated heterocycles. The number of aliphatic carboxylic acids is 1. The smallest absolute Gasteiger partial charge is 0.408 e. The van der Waals surface area contributed by atoms with E-state index in [-0.39, 0.29) is 6.61 Å². The Morgan fingerprint density at radius 1 is 1.32 bits per heavy atom. The maximum absolute atomic E-state index is 11.4. The summed E-state index contributed by atoms with van der Waals surface area (Å²) in [6.45, 7) is 5.67. The zero-order chi connectivity index (χ0) is 14.4. The van der Waals surface area contributed by atoms with Gasteiger partial charge in [-0.15, -0.1) is 0 Å². The first-order chi connectivity index (χ1) is 8.90. The fourth-order valence-electron chi connectivity index (χ4n) is 1.47. The lowest BCUT2D eigenvalue weighted by Crippen LogP contribution is -2.38. The molecule has 104 valence electrons. The summed E-state index contributed by atoms with van der Waals surface area (Å²) in [5.74, 6) is -0.695. The first kappa shape index (κ1) is 15.0. The molecule has 1 amide bonds. The van der Waals surface area contributed by atoms with Crippen molar-refractivity contribution in [2.45, 2.75) is 39.3 Å². The lowest BCUT2D eigenvalue weighted by Gasteiger charge is -2.11. The molecule has 0 spiro atoms. The second-order valence-electron chi connectivity index (χ2n) is 4.68. The van der Waals surface area contributed by atoms with Gasteiger partial charge in [-0.25, -0.2) is 4.79 Å². The molecular formula is C14H19NO4. The van der Waals surface area contributed by atoms with Crippen molar-refractivity contribution in [2.75, 3.05) is 0 Å². The Labute approximate surface area is 112 Å². The van der Waals surface area contributed by atoms with Crippen LogP contribution in [0, 0.1) is 0 Å². The molecule has 5 heteroatoms. The summed E-state index contributed by atoms with van der Waals surface area (Å²) in [6.07, 6.45) is -0.732. The number of nitrogens with one attached hydrogen (secondary N) is 1. The molecule has 1 aromatic carbocycles. The van der Waals surface area contributed by atoms with Crippen molar-refractivity contribution in [2.24, 2.45) is 0 Å². The van der Waals surface area contributed by atoms with Gasteiger partial charge in [-0.3, -0.25) is 4.79 Å². The van der Waals surface area contributed by atoms with Crippen molar-refractivity contribution >= 4 is 12.1 Å². The molecule has 0 radical (unpaired) electrons. The average molecular weight is 265 g/mol. The van der Waals surface area contributed by atoms with Crippen molar-refractivity contribution in [1.82, 2.24) is 5.32 Å². The summed E-state index contributed by atoms with van der Waals surface area (Å²) in [7, 11) is 0. The SMILES string of the molecule is CC(NC(=O)OCc1cccc(C(C)C)c1)C(=O)O. The third kappa shape index (κ3) is 4.99. The molecule has 0 aromatic heterocycles. The zero-order valence-corrected chi connectivity index (χ0v) is 11.3. The number of amides is 1. The van der Waals surface area contributed by atoms with Gasteiger partial charge in [0.15, 0.2) is 0 Å². The Hall–Kier alpha value is -2.04. The highest BCUT2D eigenvalue weighted by Gasteiger charge is 2.14. The predicted molar refractivity (Wildman–Crippen MR) is 70.9 cm³/mol. The van der Waals surface area contributed by atoms with Crippen LogP contribution in [0.25, 0.3) is 0 Å². The van der Waals surface area contributed by atoms with E-state index in [9.17, 15) is 9.59 Å². The second-order valence-corrected chi connectivity index (χ2v) is 4.68. The van der Waals surface area contributed by atoms with Crippen LogP contribution < -0.4 is 5.32 Å². The van der Waals surface area contributed by atoms with Crippen LogP contribution in [0.5, 0.6) is 0 Å². The Morgan fingerprint density at radius 2 is 2.00 bits per heavy atom. The molecule has 5 nitrogen and oxygen atoms in total. The van der Waals surface area contributed by atoms with E-state index < -0.39 is 18.1 Å². The highest BCUT2D eigenvalue weighted by molar-refractivity contribution is 5.79. The third-order valence-corrected chi connectivity index (χ3v) is 2.69. The van der Waals surface area contributed by atoms with Crippen LogP contribution in [0.15, 0.2) is 24.3 Å². The van der Waals surface area contributed by atoms with Crippen molar-refractivity contribution in [1.29, 1.82) is 0 Å². The number of carbonyl (C=O) groups excluding carboxylic acids is 1. The molecular weight excluding hydrogens is 246 g/mol. The molecule has 0 saturated carbocycles. The third-order valence-electron chi connectivity index (χ3n) is 2.69. The van der Waals surface area contributed by atoms with Crippen molar-refractivity contribution < 1.29 is 19.4 Å². The lowest BCUT2D eigenvalue weighted by atomic mass is 10.0. The summed E-state index contributed by atoms with van der Waals surface area (Å²) >= 11 is 0. The van der Waals surface area contributed by atoms with Gasteiger partial charge in [0.1, 0.15) is 12.6 Å². The topological polar surface area (TPSA) is 75.6 Å². The van der Waals surface area contributed by atoms with E-state index in [0.717, 1.165) is 5.56 Å². The van der Waals surface area contributed by atoms with Gasteiger partial charge in [-0.1, -0.05) is 38.1 Å². The molecule has 0 bridgehead atoms. The maximum atomic E-state index is 11.4. The largest absolute Gasteiger partial charge is 0.480 e. The molecule has 0 fully saturated rings. The van der Waals surface area contributed by atoms with E-state index in [1.165, 1.54) is 12.5 Å². The van der Waals surface area contributed by atoms with E-state index in [1.807, 2.05) is 24.3 Å². The second kappa shape index (κ2) is 6.78. The van der Waals surface area contributed by atoms with Crippen molar-refractivity contribution in [3.63, 3.8) is 0 Å². The van der Waals surface area contributed by atoms with Crippen molar-refractivity contribution in [3.8, 4) is 0 Å². The van der Waals surface area contributed by atoms with Crippen LogP contribution in [-0.2, 0) is 16.1 Å². The summed E-state index contributed by atoms with van der Waals surface area (Å²) in [5.41, 5.74) is 2.05. The maximum Gasteiger partial charge on any atom is 0.408 e. The summed E-state index contributed by atoms with van der Waals surface area (Å²) in [5, 5.41) is 10.9. The number of alkyl carbamates (subject to hydrolysis) is 1. The normalized spacial score (nSPS) is 12.0. The summed E-state index contributed by atoms with van der Waals surface area (Å²) < 4.78 is 4.97. The fraction of sp³-hybridized carbons (Fsp3) is 0.429. The molecule has 2 N–H and O–H groups in total. The molecule has 0 aliphatic rings. The molecule has 1 aromatic rings. The van der Waals surface area contributed by atoms with Crippen LogP contribution in [0.3, 0.4) is 0 Å². The van der Waals surface area contributed by atoms with Crippen molar-refractivity contribution in [3.05, 3.63) is 35.4 Å². The summed E-state index contributed by atoms with van der Waals surface area (Å²) in [6, 6.07) is 6.79. The molecule has 1 unspecified atom stereocenters. The Kier molecular flexibility index (Phi) is 5.36. The quantitative estimate of drug-likeness (QED) is 0.857. The number of carbonyl (C=O) groups is 2. The first-order valence-corrected chi connectivity index (χ1v) is 6.15. The van der Waals surface area contributed by atoms with Gasteiger partial charge in [0.25, 0.3) is 0 Å². The minimum absolute atomic E-state index is 0.124. The molecule has 1 atom stereocenters. The van der Waals surface area contributed by atoms with Gasteiger partial charge >= 0.3 is 12.1 Å². The van der Waals surface area contributed by atoms with E-state index in [1.54, 1.807) is 0 Å². The Balaban J connectivity index is 2.50. The fourth-order valence-corrected chi connectivity index (χ4v) is 1.47. The van der Waals surface area contributed by atoms with E-state index in [0.29, 0.717) is 5.92 Å². The predicted octanol–water partition coefficient (Wildman–Crippen LogP) is 2.51. The van der Waals surface area contributed by atoms with E-state index >= 15 is 0 Å². The van der Waals surface area contributed by atoms with Crippen LogP contribution in [0.2, 0.25) is 0 Å². The molecule has 1 rings (SSSR count). The first-order valence-electron chi connectivity index (χ1n) is 6.15. The number of ether oxygens (including phenoxy) is 1. The number of carboxylic acid groups (broad SMARTS) is 1. The van der Waals surface area contributed by atoms with Crippen LogP contribution in [-0.4, -0.2) is 23.2 Å². The molecule has 19 heavy (non-hydrogen) atoms. The monoisotopic (exact) mass is 265 g/mol. The number of hydrogen-bond acceptors (Lipinski definition) is 3. The number of rotatable bonds is 5. The highest BCUT2D eigenvalue weighted by atomic mass is 16.5.